The maximum atomic E-state index is 13.4. The Kier molecular flexibility index (Phi) is 10.8. The van der Waals surface area contributed by atoms with Crippen LogP contribution in [-0.4, -0.2) is 110 Å². The first-order valence-electron chi connectivity index (χ1n) is 20.6. The zero-order chi connectivity index (χ0) is 43.4. The number of hydrogen-bond acceptors (Lipinski definition) is 12. The summed E-state index contributed by atoms with van der Waals surface area (Å²) >= 11 is 0. The Hall–Kier alpha value is -6.29. The van der Waals surface area contributed by atoms with Gasteiger partial charge in [-0.2, -0.15) is 0 Å². The maximum absolute atomic E-state index is 13.4. The number of carbonyl (C=O) groups excluding carboxylic acids is 5. The number of imide groups is 2. The van der Waals surface area contributed by atoms with E-state index in [1.54, 1.807) is 44.2 Å². The molecule has 3 fully saturated rings. The third kappa shape index (κ3) is 7.36. The highest BCUT2D eigenvalue weighted by molar-refractivity contribution is 6.24. The van der Waals surface area contributed by atoms with E-state index in [0.29, 0.717) is 43.0 Å². The molecule has 0 spiro atoms. The molecule has 2 aromatic carbocycles. The van der Waals surface area contributed by atoms with Gasteiger partial charge in [0.25, 0.3) is 17.4 Å². The number of methoxy groups -OCH3 is 2. The van der Waals surface area contributed by atoms with E-state index in [1.807, 2.05) is 50.4 Å². The molecule has 2 aliphatic carbocycles. The van der Waals surface area contributed by atoms with Gasteiger partial charge in [-0.05, 0) is 86.9 Å². The van der Waals surface area contributed by atoms with E-state index in [1.165, 1.54) is 6.07 Å². The molecule has 16 heteroatoms. The number of benzene rings is 2. The van der Waals surface area contributed by atoms with Crippen LogP contribution in [0.1, 0.15) is 71.2 Å². The van der Waals surface area contributed by atoms with Crippen molar-refractivity contribution in [2.75, 3.05) is 60.0 Å². The molecule has 320 valence electrons. The molecule has 2 N–H and O–H groups in total. The molecule has 61 heavy (non-hydrogen) atoms. The summed E-state index contributed by atoms with van der Waals surface area (Å²) in [5.74, 6) is 0.177. The Morgan fingerprint density at radius 2 is 1.67 bits per heavy atom. The van der Waals surface area contributed by atoms with Gasteiger partial charge < -0.3 is 33.9 Å². The molecule has 1 unspecified atom stereocenters. The normalized spacial score (nSPS) is 21.3. The highest BCUT2D eigenvalue weighted by Gasteiger charge is 2.86. The van der Waals surface area contributed by atoms with Gasteiger partial charge in [-0.15, -0.1) is 0 Å². The van der Waals surface area contributed by atoms with Crippen LogP contribution in [0.3, 0.4) is 0 Å². The van der Waals surface area contributed by atoms with Crippen molar-refractivity contribution in [1.29, 1.82) is 0 Å². The Bertz CT molecular complexity index is 2520. The van der Waals surface area contributed by atoms with Crippen molar-refractivity contribution in [2.24, 2.45) is 17.9 Å². The molecule has 0 bridgehead atoms. The zero-order valence-corrected chi connectivity index (χ0v) is 35.4. The first kappa shape index (κ1) is 41.4. The van der Waals surface area contributed by atoms with E-state index in [4.69, 9.17) is 14.2 Å². The number of carbonyl (C=O) groups is 5. The number of amides is 5. The highest BCUT2D eigenvalue weighted by Crippen LogP contribution is 2.86. The van der Waals surface area contributed by atoms with Gasteiger partial charge in [0, 0.05) is 70.5 Å². The topological polar surface area (TPSA) is 182 Å². The summed E-state index contributed by atoms with van der Waals surface area (Å²) in [7, 11) is 10.9. The van der Waals surface area contributed by atoms with Crippen molar-refractivity contribution in [3.63, 3.8) is 0 Å². The van der Waals surface area contributed by atoms with Crippen molar-refractivity contribution in [1.82, 2.24) is 30.0 Å². The van der Waals surface area contributed by atoms with Gasteiger partial charge in [-0.25, -0.2) is 4.98 Å². The van der Waals surface area contributed by atoms with Crippen LogP contribution in [0, 0.1) is 10.8 Å². The molecule has 1 atom stereocenters. The molecule has 2 aliphatic heterocycles. The highest BCUT2D eigenvalue weighted by atomic mass is 16.5. The molecule has 1 saturated heterocycles. The number of anilines is 1. The predicted molar refractivity (Wildman–Crippen MR) is 226 cm³/mol. The van der Waals surface area contributed by atoms with Crippen LogP contribution in [0.15, 0.2) is 53.6 Å². The van der Waals surface area contributed by atoms with E-state index in [2.05, 4.69) is 20.5 Å². The fourth-order valence-electron chi connectivity index (χ4n) is 9.20. The second-order valence-corrected chi connectivity index (χ2v) is 17.0. The zero-order valence-electron chi connectivity index (χ0n) is 35.4. The standard InChI is InChI=1S/C45H51N7O9/c1-49(2)36-19-28-29(20-47-36)40(55)51(4)22-30(28)26-17-34(59-5)31(35(18-26)60-6)21-50(3)25-44-23-45(44,24-44)43(58)46-15-8-7-9-16-61-33-12-10-11-27-38(33)42(57)52(41(27)56)32-13-14-37(53)48-39(32)54/h10-12,17-20,22,32H,7-9,13-16,21,23-25H2,1-6H3,(H,46,58)(H,48,53,54). The number of rotatable bonds is 17. The molecule has 8 rings (SSSR count). The van der Waals surface area contributed by atoms with Crippen LogP contribution in [-0.2, 0) is 28.0 Å². The summed E-state index contributed by atoms with van der Waals surface area (Å²) in [6.07, 6.45) is 7.49. The fourth-order valence-corrected chi connectivity index (χ4v) is 9.20. The second-order valence-electron chi connectivity index (χ2n) is 17.0. The largest absolute Gasteiger partial charge is 0.496 e. The van der Waals surface area contributed by atoms with Gasteiger partial charge in [0.2, 0.25) is 17.7 Å². The van der Waals surface area contributed by atoms with Crippen molar-refractivity contribution in [2.45, 2.75) is 57.5 Å². The number of nitrogens with one attached hydrogen (secondary N) is 2. The number of aromatic nitrogens is 2. The minimum absolute atomic E-state index is 0.0471. The molecule has 4 heterocycles. The van der Waals surface area contributed by atoms with Crippen LogP contribution in [0.4, 0.5) is 5.82 Å². The summed E-state index contributed by atoms with van der Waals surface area (Å²) in [6, 6.07) is 9.65. The minimum Gasteiger partial charge on any atom is -0.496 e. The van der Waals surface area contributed by atoms with Crippen LogP contribution in [0.2, 0.25) is 0 Å². The summed E-state index contributed by atoms with van der Waals surface area (Å²) < 4.78 is 19.4. The first-order valence-corrected chi connectivity index (χ1v) is 20.6. The second kappa shape index (κ2) is 16.0. The average Bonchev–Trinajstić information content (AvgIpc) is 4.05. The van der Waals surface area contributed by atoms with Crippen LogP contribution in [0.5, 0.6) is 17.2 Å². The Labute approximate surface area is 353 Å². The number of piperidine rings is 1. The number of pyridine rings is 2. The molecule has 4 aliphatic rings. The van der Waals surface area contributed by atoms with Gasteiger partial charge >= 0.3 is 0 Å². The van der Waals surface area contributed by atoms with Gasteiger partial charge in [-0.1, -0.05) is 6.07 Å². The fraction of sp³-hybridized carbons (Fsp3) is 0.444. The van der Waals surface area contributed by atoms with E-state index < -0.39 is 29.7 Å². The SMILES string of the molecule is COc1cc(-c2cn(C)c(=O)c3cnc(N(C)C)cc23)cc(OC)c1CN(C)CC12CC1(C(=O)NCCCCCOc1cccc3c1C(=O)N(C1CCC(=O)NC1=O)C3=O)C2. The minimum atomic E-state index is -1.04. The van der Waals surface area contributed by atoms with E-state index in [9.17, 15) is 28.8 Å². The summed E-state index contributed by atoms with van der Waals surface area (Å²) in [6.45, 7) is 2.15. The van der Waals surface area contributed by atoms with E-state index >= 15 is 0 Å². The van der Waals surface area contributed by atoms with Crippen molar-refractivity contribution >= 4 is 46.1 Å². The molecular formula is C45H51N7O9. The van der Waals surface area contributed by atoms with Crippen LogP contribution < -0.4 is 35.3 Å². The molecule has 16 nitrogen and oxygen atoms in total. The Morgan fingerprint density at radius 3 is 2.36 bits per heavy atom. The molecule has 5 amide bonds. The lowest BCUT2D eigenvalue weighted by atomic mass is 9.98. The summed E-state index contributed by atoms with van der Waals surface area (Å²) in [5, 5.41) is 6.66. The van der Waals surface area contributed by atoms with Crippen molar-refractivity contribution in [3.8, 4) is 28.4 Å². The van der Waals surface area contributed by atoms with Gasteiger partial charge in [0.05, 0.1) is 48.3 Å². The lowest BCUT2D eigenvalue weighted by Gasteiger charge is -2.27. The van der Waals surface area contributed by atoms with Gasteiger partial charge in [-0.3, -0.25) is 39.0 Å². The predicted octanol–water partition coefficient (Wildman–Crippen LogP) is 3.66. The van der Waals surface area contributed by atoms with Gasteiger partial charge in [0.1, 0.15) is 29.1 Å². The van der Waals surface area contributed by atoms with Crippen LogP contribution in [0.25, 0.3) is 21.9 Å². The quantitative estimate of drug-likeness (QED) is 0.117. The number of ether oxygens (including phenoxy) is 3. The van der Waals surface area contributed by atoms with Gasteiger partial charge in [0.15, 0.2) is 0 Å². The smallest absolute Gasteiger partial charge is 0.266 e. The van der Waals surface area contributed by atoms with E-state index in [0.717, 1.165) is 65.0 Å². The first-order chi connectivity index (χ1) is 29.2. The number of hydrogen-bond donors (Lipinski definition) is 2. The lowest BCUT2D eigenvalue weighted by Crippen LogP contribution is -2.54. The monoisotopic (exact) mass is 833 g/mol. The molecule has 2 aromatic heterocycles. The summed E-state index contributed by atoms with van der Waals surface area (Å²) in [5.41, 5.74) is 2.39. The molecule has 2 saturated carbocycles. The third-order valence-electron chi connectivity index (χ3n) is 12.7. The van der Waals surface area contributed by atoms with Crippen LogP contribution >= 0.6 is 0 Å². The number of aryl methyl sites for hydroxylation is 1. The molecule has 0 radical (unpaired) electrons. The van der Waals surface area contributed by atoms with E-state index in [-0.39, 0.29) is 52.0 Å². The van der Waals surface area contributed by atoms with Crippen molar-refractivity contribution < 1.29 is 38.2 Å². The number of unbranched alkanes of at least 4 members (excludes halogenated alkanes) is 2. The Balaban J connectivity index is 0.821. The maximum Gasteiger partial charge on any atom is 0.266 e. The average molecular weight is 834 g/mol. The lowest BCUT2D eigenvalue weighted by molar-refractivity contribution is -0.136. The molecule has 4 aromatic rings. The summed E-state index contributed by atoms with van der Waals surface area (Å²) in [4.78, 5) is 86.4. The third-order valence-corrected chi connectivity index (χ3v) is 12.7. The van der Waals surface area contributed by atoms with Crippen molar-refractivity contribution in [3.05, 3.63) is 75.8 Å². The number of fused-ring (bicyclic) bond motifs is 3. The number of nitrogens with zero attached hydrogens (tertiary/aromatic N) is 5. The Morgan fingerprint density at radius 1 is 0.934 bits per heavy atom. The molecular weight excluding hydrogens is 783 g/mol.